The Labute approximate surface area is 108 Å². The summed E-state index contributed by atoms with van der Waals surface area (Å²) >= 11 is 4.54. The number of thiocarbonyl (C=S) groups is 1. The Kier molecular flexibility index (Phi) is 7.62. The van der Waals surface area contributed by atoms with Gasteiger partial charge in [0.15, 0.2) is 5.05 Å². The summed E-state index contributed by atoms with van der Waals surface area (Å²) in [6.07, 6.45) is 1.60. The summed E-state index contributed by atoms with van der Waals surface area (Å²) in [7, 11) is 2.06. The van der Waals surface area contributed by atoms with Crippen molar-refractivity contribution in [2.24, 2.45) is 0 Å². The molecule has 0 aromatic carbocycles. The van der Waals surface area contributed by atoms with Gasteiger partial charge in [-0.1, -0.05) is 0 Å². The lowest BCUT2D eigenvalue weighted by Gasteiger charge is -2.32. The molecule has 1 aliphatic heterocycles. The number of nitrogens with zero attached hydrogens (tertiary/aromatic N) is 2. The fraction of sp³-hybridized carbons (Fsp3) is 0.800. The minimum absolute atomic E-state index is 0. The number of aliphatic hydroxyl groups is 1. The van der Waals surface area contributed by atoms with E-state index in [1.165, 1.54) is 0 Å². The Morgan fingerprint density at radius 2 is 1.81 bits per heavy atom. The molecule has 0 aromatic heterocycles. The van der Waals surface area contributed by atoms with Gasteiger partial charge >= 0.3 is 0 Å². The van der Waals surface area contributed by atoms with E-state index < -0.39 is 0 Å². The van der Waals surface area contributed by atoms with Crippen LogP contribution in [0.2, 0.25) is 0 Å². The number of carbonyl (C=O) groups is 1. The molecule has 1 fully saturated rings. The van der Waals surface area contributed by atoms with Gasteiger partial charge in [0.2, 0.25) is 5.91 Å². The topological polar surface area (TPSA) is 43.8 Å². The van der Waals surface area contributed by atoms with Crippen LogP contribution in [0, 0.1) is 0 Å². The van der Waals surface area contributed by atoms with Crippen molar-refractivity contribution in [2.45, 2.75) is 19.3 Å². The highest BCUT2D eigenvalue weighted by molar-refractivity contribution is 7.80. The zero-order chi connectivity index (χ0) is 11.3. The summed E-state index contributed by atoms with van der Waals surface area (Å²) in [5.41, 5.74) is 0. The number of aliphatic hydroxyl groups excluding tert-OH is 1. The molecule has 0 radical (unpaired) electrons. The second-order valence-corrected chi connectivity index (χ2v) is 4.40. The molecule has 16 heavy (non-hydrogen) atoms. The number of rotatable bonds is 4. The monoisotopic (exact) mass is 266 g/mol. The fourth-order valence-corrected chi connectivity index (χ4v) is 1.75. The molecule has 1 aliphatic rings. The van der Waals surface area contributed by atoms with Gasteiger partial charge in [-0.05, 0) is 25.7 Å². The smallest absolute Gasteiger partial charge is 0.222 e. The first-order chi connectivity index (χ1) is 7.09. The maximum absolute atomic E-state index is 11.7. The van der Waals surface area contributed by atoms with Crippen molar-refractivity contribution in [1.82, 2.24) is 9.80 Å². The van der Waals surface area contributed by atoms with Gasteiger partial charge in [-0.3, -0.25) is 4.79 Å². The average molecular weight is 267 g/mol. The summed E-state index contributed by atoms with van der Waals surface area (Å²) < 4.78 is 0. The summed E-state index contributed by atoms with van der Waals surface area (Å²) in [5, 5.41) is 8.81. The summed E-state index contributed by atoms with van der Waals surface area (Å²) in [5.74, 6) is 0.180. The predicted molar refractivity (Wildman–Crippen MR) is 70.4 cm³/mol. The lowest BCUT2D eigenvalue weighted by Crippen LogP contribution is -2.47. The van der Waals surface area contributed by atoms with Crippen LogP contribution in [0.3, 0.4) is 0 Å². The van der Waals surface area contributed by atoms with Crippen LogP contribution in [0.4, 0.5) is 0 Å². The van der Waals surface area contributed by atoms with Gasteiger partial charge in [0.25, 0.3) is 0 Å². The number of halogens is 1. The number of amides is 1. The van der Waals surface area contributed by atoms with E-state index in [0.29, 0.717) is 19.3 Å². The number of likely N-dealkylation sites (N-methyl/N-ethyl adjacent to an activating group) is 1. The van der Waals surface area contributed by atoms with Crippen LogP contribution < -0.4 is 0 Å². The average Bonchev–Trinajstić information content (AvgIpc) is 2.18. The first kappa shape index (κ1) is 15.6. The van der Waals surface area contributed by atoms with Crippen molar-refractivity contribution in [3.63, 3.8) is 0 Å². The largest absolute Gasteiger partial charge is 0.502 e. The molecule has 0 aliphatic carbocycles. The first-order valence-corrected chi connectivity index (χ1v) is 5.68. The number of piperazine rings is 1. The van der Waals surface area contributed by atoms with Gasteiger partial charge in [-0.15, -0.1) is 12.4 Å². The number of hydrogen-bond donors (Lipinski definition) is 1. The van der Waals surface area contributed by atoms with Gasteiger partial charge in [0.05, 0.1) is 0 Å². The van der Waals surface area contributed by atoms with E-state index in [9.17, 15) is 4.79 Å². The molecule has 1 amide bonds. The van der Waals surface area contributed by atoms with Crippen LogP contribution in [0.15, 0.2) is 0 Å². The van der Waals surface area contributed by atoms with Crippen LogP contribution in [0.25, 0.3) is 0 Å². The molecule has 1 heterocycles. The molecule has 0 atom stereocenters. The second-order valence-electron chi connectivity index (χ2n) is 3.93. The normalized spacial score (nSPS) is 16.7. The van der Waals surface area contributed by atoms with E-state index in [1.54, 1.807) is 0 Å². The number of hydrogen-bond acceptors (Lipinski definition) is 3. The molecule has 0 spiro atoms. The zero-order valence-electron chi connectivity index (χ0n) is 9.52. The molecular formula is C10H19ClN2O2S. The second kappa shape index (κ2) is 7.81. The van der Waals surface area contributed by atoms with E-state index in [2.05, 4.69) is 24.2 Å². The predicted octanol–water partition coefficient (Wildman–Crippen LogP) is 1.24. The zero-order valence-corrected chi connectivity index (χ0v) is 11.1. The van der Waals surface area contributed by atoms with Crippen LogP contribution in [0.1, 0.15) is 19.3 Å². The molecule has 0 saturated carbocycles. The quantitative estimate of drug-likeness (QED) is 0.778. The Balaban J connectivity index is 0.00000225. The minimum atomic E-state index is 0. The summed E-state index contributed by atoms with van der Waals surface area (Å²) in [4.78, 5) is 15.8. The van der Waals surface area contributed by atoms with Crippen molar-refractivity contribution in [1.29, 1.82) is 0 Å². The molecule has 0 bridgehead atoms. The van der Waals surface area contributed by atoms with E-state index in [0.717, 1.165) is 26.2 Å². The highest BCUT2D eigenvalue weighted by Crippen LogP contribution is 2.05. The van der Waals surface area contributed by atoms with Gasteiger partial charge in [0, 0.05) is 39.0 Å². The molecule has 0 aromatic rings. The fourth-order valence-electron chi connectivity index (χ4n) is 1.60. The lowest BCUT2D eigenvalue weighted by molar-refractivity contribution is -0.132. The molecule has 0 unspecified atom stereocenters. The molecule has 1 rings (SSSR count). The number of carbonyl (C=O) groups excluding carboxylic acids is 1. The molecule has 94 valence electrons. The third-order valence-corrected chi connectivity index (χ3v) is 2.84. The first-order valence-electron chi connectivity index (χ1n) is 5.27. The van der Waals surface area contributed by atoms with Crippen LogP contribution in [-0.2, 0) is 4.79 Å². The minimum Gasteiger partial charge on any atom is -0.502 e. The standard InChI is InChI=1S/C10H18N2O2S.ClH/c1-11-5-7-12(8-6-11)9(13)3-2-4-10(14)15;/h2-8H2,1H3,(H,14,15);1H. The van der Waals surface area contributed by atoms with Crippen molar-refractivity contribution in [3.05, 3.63) is 0 Å². The third-order valence-electron chi connectivity index (χ3n) is 2.64. The van der Waals surface area contributed by atoms with E-state index in [-0.39, 0.29) is 23.4 Å². The Morgan fingerprint density at radius 3 is 2.31 bits per heavy atom. The van der Waals surface area contributed by atoms with E-state index >= 15 is 0 Å². The third kappa shape index (κ3) is 5.63. The van der Waals surface area contributed by atoms with Crippen molar-refractivity contribution >= 4 is 35.6 Å². The van der Waals surface area contributed by atoms with Gasteiger partial charge in [-0.2, -0.15) is 0 Å². The Morgan fingerprint density at radius 1 is 1.25 bits per heavy atom. The lowest BCUT2D eigenvalue weighted by atomic mass is 10.2. The maximum Gasteiger partial charge on any atom is 0.222 e. The van der Waals surface area contributed by atoms with Gasteiger partial charge in [-0.25, -0.2) is 0 Å². The van der Waals surface area contributed by atoms with Gasteiger partial charge in [0.1, 0.15) is 0 Å². The van der Waals surface area contributed by atoms with Crippen molar-refractivity contribution in [3.8, 4) is 0 Å². The van der Waals surface area contributed by atoms with Crippen LogP contribution >= 0.6 is 24.6 Å². The highest BCUT2D eigenvalue weighted by atomic mass is 35.5. The van der Waals surface area contributed by atoms with Crippen LogP contribution in [-0.4, -0.2) is 59.1 Å². The SMILES string of the molecule is CN1CCN(C(=O)CCCC(O)=S)CC1.Cl. The molecule has 6 heteroatoms. The molecular weight excluding hydrogens is 248 g/mol. The molecule has 1 N–H and O–H groups in total. The summed E-state index contributed by atoms with van der Waals surface area (Å²) in [6.45, 7) is 3.53. The van der Waals surface area contributed by atoms with Crippen LogP contribution in [0.5, 0.6) is 0 Å². The highest BCUT2D eigenvalue weighted by Gasteiger charge is 2.18. The maximum atomic E-state index is 11.7. The summed E-state index contributed by atoms with van der Waals surface area (Å²) in [6, 6.07) is 0. The van der Waals surface area contributed by atoms with Crippen molar-refractivity contribution < 1.29 is 9.90 Å². The molecule has 1 saturated heterocycles. The Bertz CT molecular complexity index is 243. The molecule has 4 nitrogen and oxygen atoms in total. The Hall–Kier alpha value is -0.390. The van der Waals surface area contributed by atoms with E-state index in [1.807, 2.05) is 4.90 Å². The van der Waals surface area contributed by atoms with E-state index in [4.69, 9.17) is 5.11 Å². The van der Waals surface area contributed by atoms with Gasteiger partial charge < -0.3 is 14.9 Å². The van der Waals surface area contributed by atoms with Crippen molar-refractivity contribution in [2.75, 3.05) is 33.2 Å².